The van der Waals surface area contributed by atoms with E-state index in [1.54, 1.807) is 0 Å². The third-order valence-corrected chi connectivity index (χ3v) is 2.00. The smallest absolute Gasteiger partial charge is 0.303 e. The van der Waals surface area contributed by atoms with Crippen LogP contribution in [0.1, 0.15) is 46.5 Å². The van der Waals surface area contributed by atoms with Crippen LogP contribution >= 0.6 is 7.82 Å². The Labute approximate surface area is 92.6 Å². The van der Waals surface area contributed by atoms with Crippen LogP contribution in [0, 0.1) is 0 Å². The molecule has 92 valence electrons. The van der Waals surface area contributed by atoms with Gasteiger partial charge in [0.1, 0.15) is 0 Å². The fourth-order valence-corrected chi connectivity index (χ4v) is 1.14. The Kier molecular flexibility index (Phi) is 13.7. The van der Waals surface area contributed by atoms with Crippen LogP contribution in [-0.4, -0.2) is 16.4 Å². The molecule has 0 spiro atoms. The van der Waals surface area contributed by atoms with Crippen molar-refractivity contribution in [1.82, 2.24) is 0 Å². The van der Waals surface area contributed by atoms with Gasteiger partial charge in [-0.05, 0) is 19.8 Å². The molecule has 0 aliphatic rings. The molecule has 0 aromatic rings. The molecule has 0 aliphatic heterocycles. The lowest BCUT2D eigenvalue weighted by molar-refractivity contribution is 0.193. The Morgan fingerprint density at radius 1 is 1.27 bits per heavy atom. The second-order valence-electron chi connectivity index (χ2n) is 3.01. The molecule has 0 radical (unpaired) electrons. The number of unbranched alkanes of at least 4 members (excludes halogenated alkanes) is 2. The van der Waals surface area contributed by atoms with E-state index < -0.39 is 7.82 Å². The van der Waals surface area contributed by atoms with Gasteiger partial charge in [0.25, 0.3) is 0 Å². The zero-order valence-electron chi connectivity index (χ0n) is 9.85. The standard InChI is InChI=1S/C5H13O4P.C5H10/c1-2-3-4-5-9-10(6,7)8;1-3-5-4-2/h2-5H2,1H3,(H2,6,7,8);3,5H,4H2,1-2H3. The zero-order chi connectivity index (χ0) is 12.2. The molecular weight excluding hydrogens is 215 g/mol. The molecule has 0 saturated carbocycles. The van der Waals surface area contributed by atoms with E-state index in [1.807, 2.05) is 13.8 Å². The van der Waals surface area contributed by atoms with Crippen LogP contribution in [0.5, 0.6) is 0 Å². The summed E-state index contributed by atoms with van der Waals surface area (Å²) < 4.78 is 14.3. The fraction of sp³-hybridized carbons (Fsp3) is 0.800. The van der Waals surface area contributed by atoms with Gasteiger partial charge < -0.3 is 9.79 Å². The molecule has 0 aromatic heterocycles. The molecule has 4 nitrogen and oxygen atoms in total. The van der Waals surface area contributed by atoms with Gasteiger partial charge in [-0.2, -0.15) is 0 Å². The third kappa shape index (κ3) is 24.8. The van der Waals surface area contributed by atoms with Gasteiger partial charge in [-0.15, -0.1) is 0 Å². The summed E-state index contributed by atoms with van der Waals surface area (Å²) in [5.74, 6) is 0. The first-order valence-electron chi connectivity index (χ1n) is 5.29. The van der Waals surface area contributed by atoms with Crippen LogP contribution in [0.15, 0.2) is 12.2 Å². The van der Waals surface area contributed by atoms with Gasteiger partial charge in [-0.3, -0.25) is 4.52 Å². The lowest BCUT2D eigenvalue weighted by Crippen LogP contribution is -1.91. The molecule has 0 aliphatic carbocycles. The average Bonchev–Trinajstić information content (AvgIpc) is 2.13. The van der Waals surface area contributed by atoms with Crippen molar-refractivity contribution in [1.29, 1.82) is 0 Å². The van der Waals surface area contributed by atoms with Crippen LogP contribution in [-0.2, 0) is 9.09 Å². The summed E-state index contributed by atoms with van der Waals surface area (Å²) in [7, 11) is -4.21. The second-order valence-corrected chi connectivity index (χ2v) is 4.25. The van der Waals surface area contributed by atoms with Crippen LogP contribution in [0.4, 0.5) is 0 Å². The van der Waals surface area contributed by atoms with Gasteiger partial charge in [-0.1, -0.05) is 38.8 Å². The molecule has 0 amide bonds. The molecule has 2 N–H and O–H groups in total. The topological polar surface area (TPSA) is 66.8 Å². The highest BCUT2D eigenvalue weighted by Gasteiger charge is 2.11. The summed E-state index contributed by atoms with van der Waals surface area (Å²) >= 11 is 0. The van der Waals surface area contributed by atoms with E-state index in [0.717, 1.165) is 19.3 Å². The fourth-order valence-electron chi connectivity index (χ4n) is 0.771. The number of rotatable bonds is 6. The second kappa shape index (κ2) is 11.9. The number of allylic oxidation sites excluding steroid dienone is 2. The van der Waals surface area contributed by atoms with Gasteiger partial charge in [0.2, 0.25) is 0 Å². The first kappa shape index (κ1) is 17.3. The normalized spacial score (nSPS) is 11.3. The predicted molar refractivity (Wildman–Crippen MR) is 62.6 cm³/mol. The molecular formula is C10H23O4P. The maximum absolute atomic E-state index is 10.1. The maximum Gasteiger partial charge on any atom is 0.469 e. The van der Waals surface area contributed by atoms with Crippen molar-refractivity contribution >= 4 is 7.82 Å². The molecule has 0 unspecified atom stereocenters. The molecule has 0 rings (SSSR count). The van der Waals surface area contributed by atoms with Gasteiger partial charge in [0, 0.05) is 0 Å². The van der Waals surface area contributed by atoms with Crippen molar-refractivity contribution in [2.45, 2.75) is 46.5 Å². The minimum Gasteiger partial charge on any atom is -0.303 e. The molecule has 0 saturated heterocycles. The number of phosphoric acid groups is 1. The Morgan fingerprint density at radius 3 is 2.13 bits per heavy atom. The lowest BCUT2D eigenvalue weighted by Gasteiger charge is -2.02. The molecule has 0 aromatic carbocycles. The zero-order valence-corrected chi connectivity index (χ0v) is 10.7. The summed E-state index contributed by atoms with van der Waals surface area (Å²) in [6, 6.07) is 0. The van der Waals surface area contributed by atoms with Crippen molar-refractivity contribution in [2.75, 3.05) is 6.61 Å². The highest BCUT2D eigenvalue weighted by atomic mass is 31.2. The van der Waals surface area contributed by atoms with E-state index >= 15 is 0 Å². The van der Waals surface area contributed by atoms with E-state index in [9.17, 15) is 4.57 Å². The number of hydrogen-bond donors (Lipinski definition) is 2. The lowest BCUT2D eigenvalue weighted by atomic mass is 10.3. The summed E-state index contributed by atoms with van der Waals surface area (Å²) in [5.41, 5.74) is 0. The van der Waals surface area contributed by atoms with E-state index in [2.05, 4.69) is 23.6 Å². The van der Waals surface area contributed by atoms with E-state index in [1.165, 1.54) is 0 Å². The molecule has 15 heavy (non-hydrogen) atoms. The Bertz CT molecular complexity index is 186. The Morgan fingerprint density at radius 2 is 1.87 bits per heavy atom. The van der Waals surface area contributed by atoms with Crippen molar-refractivity contribution in [3.63, 3.8) is 0 Å². The molecule has 0 fully saturated rings. The van der Waals surface area contributed by atoms with Crippen LogP contribution in [0.2, 0.25) is 0 Å². The van der Waals surface area contributed by atoms with Gasteiger partial charge in [-0.25, -0.2) is 4.57 Å². The monoisotopic (exact) mass is 238 g/mol. The average molecular weight is 238 g/mol. The van der Waals surface area contributed by atoms with Crippen LogP contribution in [0.3, 0.4) is 0 Å². The molecule has 5 heteroatoms. The summed E-state index contributed by atoms with van der Waals surface area (Å²) in [6.07, 6.45) is 8.02. The first-order valence-corrected chi connectivity index (χ1v) is 6.82. The highest BCUT2D eigenvalue weighted by Crippen LogP contribution is 2.35. The maximum atomic E-state index is 10.1. The SMILES string of the molecule is CC=CCC.CCCCCOP(=O)(O)O. The third-order valence-electron chi connectivity index (χ3n) is 1.48. The van der Waals surface area contributed by atoms with E-state index in [4.69, 9.17) is 9.79 Å². The number of hydrogen-bond acceptors (Lipinski definition) is 2. The van der Waals surface area contributed by atoms with Crippen LogP contribution in [0.25, 0.3) is 0 Å². The minimum absolute atomic E-state index is 0.151. The van der Waals surface area contributed by atoms with E-state index in [0.29, 0.717) is 6.42 Å². The van der Waals surface area contributed by atoms with Crippen molar-refractivity contribution < 1.29 is 18.9 Å². The largest absolute Gasteiger partial charge is 0.469 e. The minimum atomic E-state index is -4.21. The Balaban J connectivity index is 0. The van der Waals surface area contributed by atoms with Gasteiger partial charge in [0.05, 0.1) is 6.61 Å². The van der Waals surface area contributed by atoms with Crippen molar-refractivity contribution in [3.05, 3.63) is 12.2 Å². The van der Waals surface area contributed by atoms with Crippen molar-refractivity contribution in [3.8, 4) is 0 Å². The summed E-state index contributed by atoms with van der Waals surface area (Å²) in [6.45, 7) is 6.32. The van der Waals surface area contributed by atoms with Gasteiger partial charge >= 0.3 is 7.82 Å². The highest BCUT2D eigenvalue weighted by molar-refractivity contribution is 7.46. The van der Waals surface area contributed by atoms with Crippen LogP contribution < -0.4 is 0 Å². The predicted octanol–water partition coefficient (Wildman–Crippen LogP) is 3.26. The Hall–Kier alpha value is -0.150. The summed E-state index contributed by atoms with van der Waals surface area (Å²) in [4.78, 5) is 16.4. The first-order chi connectivity index (χ1) is 6.97. The van der Waals surface area contributed by atoms with Crippen molar-refractivity contribution in [2.24, 2.45) is 0 Å². The molecule has 0 heterocycles. The van der Waals surface area contributed by atoms with Gasteiger partial charge in [0.15, 0.2) is 0 Å². The number of phosphoric ester groups is 1. The molecule has 0 bridgehead atoms. The summed E-state index contributed by atoms with van der Waals surface area (Å²) in [5, 5.41) is 0. The van der Waals surface area contributed by atoms with E-state index in [-0.39, 0.29) is 6.61 Å². The molecule has 0 atom stereocenters. The quantitative estimate of drug-likeness (QED) is 0.423.